The Labute approximate surface area is 207 Å². The van der Waals surface area contributed by atoms with E-state index in [0.717, 1.165) is 67.0 Å². The molecule has 35 heavy (non-hydrogen) atoms. The lowest BCUT2D eigenvalue weighted by Gasteiger charge is -2.13. The second-order valence-electron chi connectivity index (χ2n) is 9.04. The number of nitrogens with zero attached hydrogens (tertiary/aromatic N) is 2. The first kappa shape index (κ1) is 24.9. The first-order chi connectivity index (χ1) is 16.8. The molecule has 0 unspecified atom stereocenters. The van der Waals surface area contributed by atoms with E-state index in [-0.39, 0.29) is 4.90 Å². The van der Waals surface area contributed by atoms with Gasteiger partial charge in [0.15, 0.2) is 9.84 Å². The fourth-order valence-corrected chi connectivity index (χ4v) is 4.91. The van der Waals surface area contributed by atoms with E-state index < -0.39 is 9.84 Å². The molecule has 0 saturated carbocycles. The molecular weight excluding hydrogens is 458 g/mol. The quantitative estimate of drug-likeness (QED) is 0.316. The van der Waals surface area contributed by atoms with Gasteiger partial charge in [-0.2, -0.15) is 0 Å². The molecule has 4 rings (SSSR count). The fraction of sp³-hybridized carbons (Fsp3) is 0.321. The van der Waals surface area contributed by atoms with E-state index in [1.807, 2.05) is 37.3 Å². The minimum atomic E-state index is -3.26. The van der Waals surface area contributed by atoms with Crippen LogP contribution in [0.25, 0.3) is 16.8 Å². The van der Waals surface area contributed by atoms with Crippen LogP contribution < -0.4 is 0 Å². The molecule has 0 spiro atoms. The van der Waals surface area contributed by atoms with Crippen LogP contribution in [-0.2, 0) is 14.6 Å². The maximum Gasteiger partial charge on any atom is 0.175 e. The standard InChI is InChI=1S/C28H31N3O3S/c1-20-6-5-9-26(31-20)28(29)25(8-4-3-7-21-15-17-34-19-21)23-14-16-30-27(18-23)22-10-12-24(13-11-22)35(2,32)33/h5-6,8-14,16,18,21,29H,3-4,7,15,17,19H2,1-2H3/b25-8-,29-28?/t21-/m0/s1. The van der Waals surface area contributed by atoms with Crippen molar-refractivity contribution in [1.82, 2.24) is 9.97 Å². The highest BCUT2D eigenvalue weighted by Crippen LogP contribution is 2.27. The summed E-state index contributed by atoms with van der Waals surface area (Å²) in [4.78, 5) is 9.35. The summed E-state index contributed by atoms with van der Waals surface area (Å²) in [7, 11) is -3.26. The van der Waals surface area contributed by atoms with E-state index in [9.17, 15) is 8.42 Å². The molecule has 1 atom stereocenters. The third kappa shape index (κ3) is 6.50. The number of aromatic nitrogens is 2. The smallest absolute Gasteiger partial charge is 0.175 e. The Morgan fingerprint density at radius 3 is 2.66 bits per heavy atom. The number of hydrogen-bond donors (Lipinski definition) is 1. The average molecular weight is 490 g/mol. The van der Waals surface area contributed by atoms with Gasteiger partial charge in [0.1, 0.15) is 0 Å². The summed E-state index contributed by atoms with van der Waals surface area (Å²) in [6, 6.07) is 16.3. The van der Waals surface area contributed by atoms with Gasteiger partial charge in [-0.05, 0) is 80.5 Å². The van der Waals surface area contributed by atoms with Crippen LogP contribution >= 0.6 is 0 Å². The number of nitrogens with one attached hydrogen (secondary N) is 1. The van der Waals surface area contributed by atoms with Crippen molar-refractivity contribution >= 4 is 21.1 Å². The van der Waals surface area contributed by atoms with Crippen molar-refractivity contribution in [3.8, 4) is 11.3 Å². The molecule has 3 heterocycles. The van der Waals surface area contributed by atoms with Crippen molar-refractivity contribution in [3.05, 3.63) is 83.8 Å². The summed E-state index contributed by atoms with van der Waals surface area (Å²) in [5.41, 5.74) is 5.14. The van der Waals surface area contributed by atoms with Crippen molar-refractivity contribution in [2.75, 3.05) is 19.5 Å². The Morgan fingerprint density at radius 1 is 1.17 bits per heavy atom. The minimum absolute atomic E-state index is 0.276. The van der Waals surface area contributed by atoms with Crippen LogP contribution in [0.1, 0.15) is 42.6 Å². The molecule has 1 aromatic carbocycles. The first-order valence-corrected chi connectivity index (χ1v) is 13.8. The Balaban J connectivity index is 1.63. The Kier molecular flexibility index (Phi) is 7.88. The molecule has 1 N–H and O–H groups in total. The van der Waals surface area contributed by atoms with Gasteiger partial charge < -0.3 is 4.74 Å². The van der Waals surface area contributed by atoms with E-state index in [1.54, 1.807) is 30.5 Å². The summed E-state index contributed by atoms with van der Waals surface area (Å²) in [6.07, 6.45) is 9.21. The molecule has 3 aromatic rings. The largest absolute Gasteiger partial charge is 0.381 e. The number of unbranched alkanes of at least 4 members (excludes halogenated alkanes) is 1. The SMILES string of the molecule is Cc1cccc(C(=N)/C(=C\CCC[C@H]2CCOC2)c2ccnc(-c3ccc(S(C)(=O)=O)cc3)c2)n1. The zero-order valence-corrected chi connectivity index (χ0v) is 21.0. The van der Waals surface area contributed by atoms with Gasteiger partial charge in [-0.1, -0.05) is 24.3 Å². The number of rotatable bonds is 9. The number of ether oxygens (including phenoxy) is 1. The molecular formula is C28H31N3O3S. The van der Waals surface area contributed by atoms with E-state index in [2.05, 4.69) is 16.0 Å². The van der Waals surface area contributed by atoms with Crippen molar-refractivity contribution in [2.24, 2.45) is 5.92 Å². The van der Waals surface area contributed by atoms with Crippen LogP contribution in [0.2, 0.25) is 0 Å². The first-order valence-electron chi connectivity index (χ1n) is 11.9. The predicted octanol–water partition coefficient (Wildman–Crippen LogP) is 5.51. The van der Waals surface area contributed by atoms with E-state index in [0.29, 0.717) is 17.3 Å². The van der Waals surface area contributed by atoms with Gasteiger partial charge in [-0.25, -0.2) is 8.42 Å². The summed E-state index contributed by atoms with van der Waals surface area (Å²) in [5, 5.41) is 8.96. The Morgan fingerprint density at radius 2 is 1.97 bits per heavy atom. The van der Waals surface area contributed by atoms with Gasteiger partial charge in [0.2, 0.25) is 0 Å². The van der Waals surface area contributed by atoms with Crippen molar-refractivity contribution < 1.29 is 13.2 Å². The average Bonchev–Trinajstić information content (AvgIpc) is 3.37. The summed E-state index contributed by atoms with van der Waals surface area (Å²) < 4.78 is 29.1. The molecule has 2 aromatic heterocycles. The van der Waals surface area contributed by atoms with Gasteiger partial charge in [-0.15, -0.1) is 0 Å². The molecule has 182 valence electrons. The van der Waals surface area contributed by atoms with Crippen molar-refractivity contribution in [2.45, 2.75) is 37.5 Å². The number of aryl methyl sites for hydroxylation is 1. The van der Waals surface area contributed by atoms with Crippen molar-refractivity contribution in [3.63, 3.8) is 0 Å². The van der Waals surface area contributed by atoms with E-state index in [4.69, 9.17) is 10.1 Å². The molecule has 7 heteroatoms. The van der Waals surface area contributed by atoms with Gasteiger partial charge in [0.05, 0.1) is 22.0 Å². The van der Waals surface area contributed by atoms with Crippen molar-refractivity contribution in [1.29, 1.82) is 5.41 Å². The predicted molar refractivity (Wildman–Crippen MR) is 139 cm³/mol. The highest BCUT2D eigenvalue weighted by Gasteiger charge is 2.16. The zero-order chi connectivity index (χ0) is 24.8. The van der Waals surface area contributed by atoms with E-state index >= 15 is 0 Å². The summed E-state index contributed by atoms with van der Waals surface area (Å²) in [6.45, 7) is 3.64. The highest BCUT2D eigenvalue weighted by atomic mass is 32.2. The number of allylic oxidation sites excluding steroid dienone is 2. The van der Waals surface area contributed by atoms with Gasteiger partial charge in [-0.3, -0.25) is 15.4 Å². The topological polar surface area (TPSA) is 93.0 Å². The number of pyridine rings is 2. The summed E-state index contributed by atoms with van der Waals surface area (Å²) >= 11 is 0. The molecule has 1 aliphatic rings. The second-order valence-corrected chi connectivity index (χ2v) is 11.1. The lowest BCUT2D eigenvalue weighted by Crippen LogP contribution is -2.07. The van der Waals surface area contributed by atoms with Crippen LogP contribution in [0.4, 0.5) is 0 Å². The van der Waals surface area contributed by atoms with Gasteiger partial charge >= 0.3 is 0 Å². The van der Waals surface area contributed by atoms with Gasteiger partial charge in [0, 0.05) is 42.5 Å². The lowest BCUT2D eigenvalue weighted by molar-refractivity contribution is 0.184. The van der Waals surface area contributed by atoms with Crippen LogP contribution in [0.5, 0.6) is 0 Å². The molecule has 0 amide bonds. The molecule has 0 radical (unpaired) electrons. The fourth-order valence-electron chi connectivity index (χ4n) is 4.28. The molecule has 0 aliphatic carbocycles. The van der Waals surface area contributed by atoms with Crippen LogP contribution in [0.15, 0.2) is 71.8 Å². The molecule has 1 saturated heterocycles. The molecule has 6 nitrogen and oxygen atoms in total. The minimum Gasteiger partial charge on any atom is -0.381 e. The third-order valence-electron chi connectivity index (χ3n) is 6.25. The molecule has 0 bridgehead atoms. The monoisotopic (exact) mass is 489 g/mol. The molecule has 1 aliphatic heterocycles. The summed E-state index contributed by atoms with van der Waals surface area (Å²) in [5.74, 6) is 0.632. The van der Waals surface area contributed by atoms with E-state index in [1.165, 1.54) is 6.26 Å². The number of sulfone groups is 1. The normalized spacial score (nSPS) is 16.4. The maximum atomic E-state index is 11.8. The number of benzene rings is 1. The van der Waals surface area contributed by atoms with Crippen LogP contribution in [0, 0.1) is 18.3 Å². The zero-order valence-electron chi connectivity index (χ0n) is 20.2. The Bertz CT molecular complexity index is 1330. The maximum absolute atomic E-state index is 11.8. The number of hydrogen-bond acceptors (Lipinski definition) is 6. The van der Waals surface area contributed by atoms with Crippen LogP contribution in [0.3, 0.4) is 0 Å². The van der Waals surface area contributed by atoms with Crippen LogP contribution in [-0.4, -0.2) is 43.6 Å². The molecule has 1 fully saturated rings. The Hall–Kier alpha value is -3.16. The third-order valence-corrected chi connectivity index (χ3v) is 7.38. The lowest BCUT2D eigenvalue weighted by atomic mass is 9.95. The van der Waals surface area contributed by atoms with Gasteiger partial charge in [0.25, 0.3) is 0 Å². The highest BCUT2D eigenvalue weighted by molar-refractivity contribution is 7.90. The second kappa shape index (κ2) is 11.1.